The maximum Gasteiger partial charge on any atom is 0.350 e. The van der Waals surface area contributed by atoms with Crippen LogP contribution >= 0.6 is 0 Å². The molecule has 1 N–H and O–H groups in total. The van der Waals surface area contributed by atoms with Crippen LogP contribution in [-0.2, 0) is 7.05 Å². The van der Waals surface area contributed by atoms with Gasteiger partial charge in [0, 0.05) is 6.07 Å². The third-order valence-corrected chi connectivity index (χ3v) is 2.11. The van der Waals surface area contributed by atoms with Gasteiger partial charge in [-0.3, -0.25) is 0 Å². The van der Waals surface area contributed by atoms with Crippen molar-refractivity contribution in [2.24, 2.45) is 17.3 Å². The van der Waals surface area contributed by atoms with Crippen molar-refractivity contribution in [1.82, 2.24) is 0 Å². The molecule has 16 heavy (non-hydrogen) atoms. The average molecular weight is 214 g/mol. The van der Waals surface area contributed by atoms with E-state index < -0.39 is 0 Å². The van der Waals surface area contributed by atoms with Crippen molar-refractivity contribution in [3.05, 3.63) is 48.7 Å². The van der Waals surface area contributed by atoms with Gasteiger partial charge in [0.15, 0.2) is 5.75 Å². The summed E-state index contributed by atoms with van der Waals surface area (Å²) >= 11 is 0. The first-order valence-corrected chi connectivity index (χ1v) is 4.91. The number of aryl methyl sites for hydroxylation is 1. The summed E-state index contributed by atoms with van der Waals surface area (Å²) in [6.45, 7) is 0. The Morgan fingerprint density at radius 3 is 2.44 bits per heavy atom. The van der Waals surface area contributed by atoms with Gasteiger partial charge in [-0.25, -0.2) is 4.57 Å². The molecule has 2 rings (SSSR count). The van der Waals surface area contributed by atoms with Crippen LogP contribution in [0.3, 0.4) is 0 Å². The van der Waals surface area contributed by atoms with Crippen LogP contribution in [0.1, 0.15) is 0 Å². The summed E-state index contributed by atoms with van der Waals surface area (Å²) in [5, 5.41) is 17.4. The number of pyridine rings is 1. The third-order valence-electron chi connectivity index (χ3n) is 2.11. The Bertz CT molecular complexity index is 509. The fourth-order valence-corrected chi connectivity index (χ4v) is 1.29. The minimum absolute atomic E-state index is 0.209. The maximum absolute atomic E-state index is 9.23. The van der Waals surface area contributed by atoms with E-state index in [1.807, 2.05) is 30.3 Å². The first kappa shape index (κ1) is 10.3. The molecule has 4 nitrogen and oxygen atoms in total. The highest BCUT2D eigenvalue weighted by molar-refractivity contribution is 5.36. The zero-order valence-electron chi connectivity index (χ0n) is 8.91. The monoisotopic (exact) mass is 214 g/mol. The summed E-state index contributed by atoms with van der Waals surface area (Å²) in [6.07, 6.45) is 1.58. The summed E-state index contributed by atoms with van der Waals surface area (Å²) < 4.78 is 1.71. The van der Waals surface area contributed by atoms with Crippen molar-refractivity contribution < 1.29 is 9.67 Å². The molecule has 0 radical (unpaired) electrons. The van der Waals surface area contributed by atoms with Crippen LogP contribution in [0.25, 0.3) is 0 Å². The van der Waals surface area contributed by atoms with Crippen molar-refractivity contribution in [3.8, 4) is 5.75 Å². The van der Waals surface area contributed by atoms with E-state index in [-0.39, 0.29) is 5.75 Å². The molecule has 0 saturated carbocycles. The SMILES string of the molecule is C[n+]1cc(O)ccc1N=Nc1ccccc1. The third kappa shape index (κ3) is 2.42. The average Bonchev–Trinajstić information content (AvgIpc) is 2.29. The predicted octanol–water partition coefficient (Wildman–Crippen LogP) is 2.63. The Kier molecular flexibility index (Phi) is 2.91. The van der Waals surface area contributed by atoms with Crippen molar-refractivity contribution in [3.63, 3.8) is 0 Å². The van der Waals surface area contributed by atoms with E-state index in [9.17, 15) is 5.11 Å². The highest BCUT2D eigenvalue weighted by Crippen LogP contribution is 2.15. The summed E-state index contributed by atoms with van der Waals surface area (Å²) in [5.74, 6) is 0.891. The van der Waals surface area contributed by atoms with Crippen molar-refractivity contribution in [1.29, 1.82) is 0 Å². The summed E-state index contributed by atoms with van der Waals surface area (Å²) in [6, 6.07) is 12.8. The van der Waals surface area contributed by atoms with E-state index in [0.717, 1.165) is 5.69 Å². The van der Waals surface area contributed by atoms with Crippen molar-refractivity contribution >= 4 is 11.5 Å². The van der Waals surface area contributed by atoms with E-state index in [4.69, 9.17) is 0 Å². The van der Waals surface area contributed by atoms with E-state index in [2.05, 4.69) is 10.2 Å². The Hall–Kier alpha value is -2.23. The second-order valence-corrected chi connectivity index (χ2v) is 3.39. The van der Waals surface area contributed by atoms with Gasteiger partial charge in [0.05, 0.1) is 12.2 Å². The van der Waals surface area contributed by atoms with Crippen LogP contribution in [-0.4, -0.2) is 5.11 Å². The molecule has 80 valence electrons. The molecule has 0 unspecified atom stereocenters. The molecular weight excluding hydrogens is 202 g/mol. The Morgan fingerprint density at radius 1 is 1.00 bits per heavy atom. The molecule has 0 aliphatic carbocycles. The molecule has 1 heterocycles. The molecule has 0 spiro atoms. The molecule has 0 fully saturated rings. The van der Waals surface area contributed by atoms with Gasteiger partial charge in [-0.05, 0) is 23.3 Å². The van der Waals surface area contributed by atoms with E-state index >= 15 is 0 Å². The number of azo groups is 1. The largest absolute Gasteiger partial charge is 0.504 e. The Labute approximate surface area is 93.5 Å². The van der Waals surface area contributed by atoms with E-state index in [1.165, 1.54) is 0 Å². The predicted molar refractivity (Wildman–Crippen MR) is 59.9 cm³/mol. The number of rotatable bonds is 2. The number of nitrogens with zero attached hydrogens (tertiary/aromatic N) is 3. The van der Waals surface area contributed by atoms with Gasteiger partial charge in [0.25, 0.3) is 0 Å². The lowest BCUT2D eigenvalue weighted by atomic mass is 10.3. The van der Waals surface area contributed by atoms with E-state index in [1.54, 1.807) is 29.9 Å². The van der Waals surface area contributed by atoms with Crippen LogP contribution in [0.2, 0.25) is 0 Å². The molecule has 0 aliphatic rings. The Balaban J connectivity index is 2.24. The molecule has 2 aromatic rings. The van der Waals surface area contributed by atoms with Crippen molar-refractivity contribution in [2.75, 3.05) is 0 Å². The minimum Gasteiger partial charge on any atom is -0.504 e. The second-order valence-electron chi connectivity index (χ2n) is 3.39. The summed E-state index contributed by atoms with van der Waals surface area (Å²) in [4.78, 5) is 0. The maximum atomic E-state index is 9.23. The van der Waals surface area contributed by atoms with Gasteiger partial charge >= 0.3 is 5.82 Å². The number of benzene rings is 1. The standard InChI is InChI=1S/C12H11N3O/c1-15-9-11(16)7-8-12(15)14-13-10-5-3-2-4-6-10/h2-9H,1H3/p+1. The van der Waals surface area contributed by atoms with Crippen LogP contribution in [0, 0.1) is 0 Å². The topological polar surface area (TPSA) is 48.8 Å². The van der Waals surface area contributed by atoms with Gasteiger partial charge in [-0.15, -0.1) is 0 Å². The number of hydrogen-bond acceptors (Lipinski definition) is 3. The van der Waals surface area contributed by atoms with Crippen LogP contribution in [0.4, 0.5) is 11.5 Å². The van der Waals surface area contributed by atoms with Gasteiger partial charge < -0.3 is 5.11 Å². The fourth-order valence-electron chi connectivity index (χ4n) is 1.29. The zero-order chi connectivity index (χ0) is 11.4. The highest BCUT2D eigenvalue weighted by Gasteiger charge is 2.06. The smallest absolute Gasteiger partial charge is 0.350 e. The normalized spacial score (nSPS) is 10.8. The van der Waals surface area contributed by atoms with Gasteiger partial charge in [0.1, 0.15) is 11.9 Å². The molecular formula is C12H12N3O+. The zero-order valence-corrected chi connectivity index (χ0v) is 8.91. The lowest BCUT2D eigenvalue weighted by Gasteiger charge is -1.93. The highest BCUT2D eigenvalue weighted by atomic mass is 16.3. The fraction of sp³-hybridized carbons (Fsp3) is 0.0833. The van der Waals surface area contributed by atoms with E-state index in [0.29, 0.717) is 5.82 Å². The number of hydrogen-bond donors (Lipinski definition) is 1. The van der Waals surface area contributed by atoms with Gasteiger partial charge in [0.2, 0.25) is 0 Å². The summed E-state index contributed by atoms with van der Waals surface area (Å²) in [7, 11) is 1.80. The first-order chi connectivity index (χ1) is 7.75. The molecule has 4 heteroatoms. The number of aromatic nitrogens is 1. The van der Waals surface area contributed by atoms with Crippen molar-refractivity contribution in [2.45, 2.75) is 0 Å². The van der Waals surface area contributed by atoms with Crippen LogP contribution in [0.5, 0.6) is 5.75 Å². The van der Waals surface area contributed by atoms with Crippen LogP contribution in [0.15, 0.2) is 58.9 Å². The molecule has 0 atom stereocenters. The molecule has 1 aromatic carbocycles. The summed E-state index contributed by atoms with van der Waals surface area (Å²) in [5.41, 5.74) is 0.801. The minimum atomic E-state index is 0.209. The second kappa shape index (κ2) is 4.53. The lowest BCUT2D eigenvalue weighted by molar-refractivity contribution is -0.659. The van der Waals surface area contributed by atoms with Gasteiger partial charge in [-0.1, -0.05) is 18.2 Å². The molecule has 0 bridgehead atoms. The molecule has 0 aliphatic heterocycles. The molecule has 0 amide bonds. The first-order valence-electron chi connectivity index (χ1n) is 4.91. The quantitative estimate of drug-likeness (QED) is 0.606. The molecule has 0 saturated heterocycles. The van der Waals surface area contributed by atoms with Crippen LogP contribution < -0.4 is 4.57 Å². The molecule has 1 aromatic heterocycles. The lowest BCUT2D eigenvalue weighted by Crippen LogP contribution is -2.26. The number of aromatic hydroxyl groups is 1. The Morgan fingerprint density at radius 2 is 1.75 bits per heavy atom. The van der Waals surface area contributed by atoms with Gasteiger partial charge in [-0.2, -0.15) is 0 Å².